The Kier molecular flexibility index (Phi) is 4.88. The highest BCUT2D eigenvalue weighted by molar-refractivity contribution is 9.10. The first-order valence-electron chi connectivity index (χ1n) is 7.26. The molecule has 0 spiro atoms. The van der Waals surface area contributed by atoms with Crippen LogP contribution in [0.3, 0.4) is 0 Å². The van der Waals surface area contributed by atoms with Crippen LogP contribution in [-0.2, 0) is 0 Å². The lowest BCUT2D eigenvalue weighted by Gasteiger charge is -2.11. The third-order valence-corrected chi connectivity index (χ3v) is 4.35. The van der Waals surface area contributed by atoms with E-state index in [-0.39, 0.29) is 5.78 Å². The molecule has 3 aromatic carbocycles. The molecule has 3 nitrogen and oxygen atoms in total. The summed E-state index contributed by atoms with van der Waals surface area (Å²) in [5, 5.41) is 3.60. The summed E-state index contributed by atoms with van der Waals surface area (Å²) in [5.74, 6) is -0.102. The molecule has 120 valence electrons. The first-order valence-corrected chi connectivity index (χ1v) is 8.43. The Hall–Kier alpha value is -2.30. The quantitative estimate of drug-likeness (QED) is 0.438. The Morgan fingerprint density at radius 1 is 1.00 bits per heavy atom. The highest BCUT2D eigenvalue weighted by Crippen LogP contribution is 2.29. The average molecular weight is 402 g/mol. The lowest BCUT2D eigenvalue weighted by atomic mass is 10.0. The van der Waals surface area contributed by atoms with Gasteiger partial charge in [-0.15, -0.1) is 0 Å². The number of nitrogens with one attached hydrogen (secondary N) is 1. The minimum absolute atomic E-state index is 0.102. The molecule has 0 saturated heterocycles. The maximum Gasteiger partial charge on any atom is 0.194 e. The van der Waals surface area contributed by atoms with Crippen molar-refractivity contribution in [3.05, 3.63) is 87.4 Å². The molecule has 0 unspecified atom stereocenters. The number of nitrogen functional groups attached to an aromatic ring is 1. The third kappa shape index (κ3) is 3.61. The van der Waals surface area contributed by atoms with Crippen LogP contribution in [0, 0.1) is 0 Å². The standard InChI is InChI=1S/C19H14BrClN2O/c20-13-6-9-18(17(22)10-13)23-14-7-8-15(16(21)11-14)19(24)12-4-2-1-3-5-12/h1-11,23H,22H2. The molecule has 3 rings (SSSR count). The van der Waals surface area contributed by atoms with E-state index in [9.17, 15) is 4.79 Å². The molecule has 0 radical (unpaired) electrons. The molecule has 0 bridgehead atoms. The van der Waals surface area contributed by atoms with E-state index in [1.54, 1.807) is 24.3 Å². The zero-order valence-electron chi connectivity index (χ0n) is 12.6. The van der Waals surface area contributed by atoms with E-state index in [2.05, 4.69) is 21.2 Å². The first kappa shape index (κ1) is 16.6. The monoisotopic (exact) mass is 400 g/mol. The van der Waals surface area contributed by atoms with Crippen molar-refractivity contribution in [3.63, 3.8) is 0 Å². The second kappa shape index (κ2) is 7.07. The van der Waals surface area contributed by atoms with Gasteiger partial charge in [-0.3, -0.25) is 4.79 Å². The van der Waals surface area contributed by atoms with Gasteiger partial charge in [0, 0.05) is 21.3 Å². The van der Waals surface area contributed by atoms with Gasteiger partial charge in [-0.05, 0) is 36.4 Å². The summed E-state index contributed by atoms with van der Waals surface area (Å²) in [6, 6.07) is 19.9. The number of nitrogens with two attached hydrogens (primary N) is 1. The summed E-state index contributed by atoms with van der Waals surface area (Å²) in [6.07, 6.45) is 0. The second-order valence-electron chi connectivity index (χ2n) is 5.25. The van der Waals surface area contributed by atoms with Crippen LogP contribution in [0.2, 0.25) is 5.02 Å². The Morgan fingerprint density at radius 2 is 1.75 bits per heavy atom. The zero-order valence-corrected chi connectivity index (χ0v) is 14.9. The van der Waals surface area contributed by atoms with Gasteiger partial charge in [0.2, 0.25) is 0 Å². The lowest BCUT2D eigenvalue weighted by molar-refractivity contribution is 0.103. The summed E-state index contributed by atoms with van der Waals surface area (Å²) in [4.78, 5) is 12.5. The minimum atomic E-state index is -0.102. The van der Waals surface area contributed by atoms with Crippen molar-refractivity contribution in [2.75, 3.05) is 11.1 Å². The number of carbonyl (C=O) groups is 1. The highest BCUT2D eigenvalue weighted by Gasteiger charge is 2.13. The first-order chi connectivity index (χ1) is 11.5. The number of anilines is 3. The summed E-state index contributed by atoms with van der Waals surface area (Å²) in [6.45, 7) is 0. The molecule has 0 amide bonds. The molecule has 5 heteroatoms. The van der Waals surface area contributed by atoms with Gasteiger partial charge in [-0.25, -0.2) is 0 Å². The molecule has 0 saturated carbocycles. The Labute approximate surface area is 153 Å². The second-order valence-corrected chi connectivity index (χ2v) is 6.57. The largest absolute Gasteiger partial charge is 0.397 e. The molecule has 0 aliphatic rings. The van der Waals surface area contributed by atoms with Crippen LogP contribution in [0.25, 0.3) is 0 Å². The van der Waals surface area contributed by atoms with E-state index in [1.807, 2.05) is 42.5 Å². The van der Waals surface area contributed by atoms with E-state index in [4.69, 9.17) is 17.3 Å². The smallest absolute Gasteiger partial charge is 0.194 e. The maximum absolute atomic E-state index is 12.5. The zero-order chi connectivity index (χ0) is 17.1. The molecular formula is C19H14BrClN2O. The molecular weight excluding hydrogens is 388 g/mol. The van der Waals surface area contributed by atoms with Crippen molar-refractivity contribution in [2.45, 2.75) is 0 Å². The van der Waals surface area contributed by atoms with Crippen molar-refractivity contribution in [1.82, 2.24) is 0 Å². The number of benzene rings is 3. The molecule has 0 fully saturated rings. The molecule has 0 aliphatic carbocycles. The number of hydrogen-bond donors (Lipinski definition) is 2. The molecule has 0 atom stereocenters. The molecule has 0 aliphatic heterocycles. The van der Waals surface area contributed by atoms with Crippen molar-refractivity contribution >= 4 is 50.4 Å². The van der Waals surface area contributed by atoms with Gasteiger partial charge in [-0.2, -0.15) is 0 Å². The van der Waals surface area contributed by atoms with Gasteiger partial charge in [0.05, 0.1) is 16.4 Å². The SMILES string of the molecule is Nc1cc(Br)ccc1Nc1ccc(C(=O)c2ccccc2)c(Cl)c1. The molecule has 0 heterocycles. The van der Waals surface area contributed by atoms with Crippen LogP contribution in [0.4, 0.5) is 17.1 Å². The Bertz CT molecular complexity index is 897. The normalized spacial score (nSPS) is 10.4. The van der Waals surface area contributed by atoms with Crippen molar-refractivity contribution in [1.29, 1.82) is 0 Å². The molecule has 3 aromatic rings. The fourth-order valence-corrected chi connectivity index (χ4v) is 2.97. The van der Waals surface area contributed by atoms with Crippen LogP contribution in [0.15, 0.2) is 71.2 Å². The van der Waals surface area contributed by atoms with E-state index >= 15 is 0 Å². The van der Waals surface area contributed by atoms with Crippen LogP contribution in [-0.4, -0.2) is 5.78 Å². The Balaban J connectivity index is 1.86. The van der Waals surface area contributed by atoms with Crippen LogP contribution in [0.1, 0.15) is 15.9 Å². The van der Waals surface area contributed by atoms with Gasteiger partial charge < -0.3 is 11.1 Å². The summed E-state index contributed by atoms with van der Waals surface area (Å²) >= 11 is 9.68. The molecule has 0 aromatic heterocycles. The van der Waals surface area contributed by atoms with Crippen LogP contribution < -0.4 is 11.1 Å². The van der Waals surface area contributed by atoms with E-state index < -0.39 is 0 Å². The van der Waals surface area contributed by atoms with Gasteiger partial charge in [0.25, 0.3) is 0 Å². The number of carbonyl (C=O) groups excluding carboxylic acids is 1. The van der Waals surface area contributed by atoms with Crippen LogP contribution in [0.5, 0.6) is 0 Å². The fourth-order valence-electron chi connectivity index (χ4n) is 2.32. The topological polar surface area (TPSA) is 55.1 Å². The third-order valence-electron chi connectivity index (χ3n) is 3.54. The summed E-state index contributed by atoms with van der Waals surface area (Å²) in [7, 11) is 0. The van der Waals surface area contributed by atoms with Gasteiger partial charge in [0.15, 0.2) is 5.78 Å². The fraction of sp³-hybridized carbons (Fsp3) is 0. The van der Waals surface area contributed by atoms with Gasteiger partial charge in [0.1, 0.15) is 0 Å². The van der Waals surface area contributed by atoms with Gasteiger partial charge in [-0.1, -0.05) is 57.9 Å². The lowest BCUT2D eigenvalue weighted by Crippen LogP contribution is -2.03. The summed E-state index contributed by atoms with van der Waals surface area (Å²) in [5.41, 5.74) is 9.21. The predicted molar refractivity (Wildman–Crippen MR) is 103 cm³/mol. The van der Waals surface area contributed by atoms with Gasteiger partial charge >= 0.3 is 0 Å². The Morgan fingerprint density at radius 3 is 2.42 bits per heavy atom. The molecule has 3 N–H and O–H groups in total. The summed E-state index contributed by atoms with van der Waals surface area (Å²) < 4.78 is 0.910. The average Bonchev–Trinajstić information content (AvgIpc) is 2.58. The van der Waals surface area contributed by atoms with Crippen LogP contribution >= 0.6 is 27.5 Å². The minimum Gasteiger partial charge on any atom is -0.397 e. The van der Waals surface area contributed by atoms with E-state index in [1.165, 1.54) is 0 Å². The van der Waals surface area contributed by atoms with Crippen molar-refractivity contribution in [3.8, 4) is 0 Å². The van der Waals surface area contributed by atoms with Crippen molar-refractivity contribution in [2.24, 2.45) is 0 Å². The number of ketones is 1. The van der Waals surface area contributed by atoms with E-state index in [0.29, 0.717) is 21.8 Å². The highest BCUT2D eigenvalue weighted by atomic mass is 79.9. The maximum atomic E-state index is 12.5. The van der Waals surface area contributed by atoms with E-state index in [0.717, 1.165) is 15.8 Å². The molecule has 24 heavy (non-hydrogen) atoms. The number of hydrogen-bond acceptors (Lipinski definition) is 3. The predicted octanol–water partition coefficient (Wildman–Crippen LogP) is 5.66. The number of halogens is 2. The number of rotatable bonds is 4. The van der Waals surface area contributed by atoms with Crippen molar-refractivity contribution < 1.29 is 4.79 Å².